The smallest absolute Gasteiger partial charge is 0.301 e. The van der Waals surface area contributed by atoms with Crippen LogP contribution in [0.25, 0.3) is 16.0 Å². The minimum Gasteiger partial charge on any atom is -0.507 e. The number of fused-ring (bicyclic) bond motifs is 2. The Morgan fingerprint density at radius 3 is 2.67 bits per heavy atom. The number of ketones is 1. The Morgan fingerprint density at radius 1 is 1.07 bits per heavy atom. The Bertz CT molecular complexity index is 1760. The molecule has 222 valence electrons. The molecule has 0 bridgehead atoms. The van der Waals surface area contributed by atoms with Crippen molar-refractivity contribution >= 4 is 44.1 Å². The Kier molecular flexibility index (Phi) is 7.70. The molecule has 0 radical (unpaired) electrons. The highest BCUT2D eigenvalue weighted by Crippen LogP contribution is 2.46. The molecule has 1 amide bonds. The number of nitrogens with zero attached hydrogens (tertiary/aromatic N) is 2. The highest BCUT2D eigenvalue weighted by atomic mass is 32.1. The predicted octanol–water partition coefficient (Wildman–Crippen LogP) is 6.44. The molecule has 1 fully saturated rings. The van der Waals surface area contributed by atoms with E-state index in [0.717, 1.165) is 22.4 Å². The van der Waals surface area contributed by atoms with Crippen molar-refractivity contribution in [1.82, 2.24) is 4.98 Å². The summed E-state index contributed by atoms with van der Waals surface area (Å²) >= 11 is 1.27. The third kappa shape index (κ3) is 5.16. The van der Waals surface area contributed by atoms with Crippen LogP contribution in [0.1, 0.15) is 49.9 Å². The maximum Gasteiger partial charge on any atom is 0.301 e. The first-order valence-electron chi connectivity index (χ1n) is 14.3. The fraction of sp³-hybridized carbons (Fsp3) is 0.303. The number of thiazole rings is 1. The van der Waals surface area contributed by atoms with Crippen LogP contribution in [0.15, 0.2) is 60.2 Å². The van der Waals surface area contributed by atoms with Gasteiger partial charge < -0.3 is 24.1 Å². The van der Waals surface area contributed by atoms with E-state index in [1.54, 1.807) is 49.6 Å². The summed E-state index contributed by atoms with van der Waals surface area (Å²) in [6, 6.07) is 15.1. The summed E-state index contributed by atoms with van der Waals surface area (Å²) in [6.07, 6.45) is 1.52. The highest BCUT2D eigenvalue weighted by molar-refractivity contribution is 7.22. The highest BCUT2D eigenvalue weighted by Gasteiger charge is 2.48. The molecule has 2 atom stereocenters. The molecule has 2 aliphatic rings. The number of benzene rings is 3. The molecule has 10 heteroatoms. The van der Waals surface area contributed by atoms with Crippen LogP contribution in [-0.2, 0) is 16.0 Å². The lowest BCUT2D eigenvalue weighted by atomic mass is 9.94. The van der Waals surface area contributed by atoms with E-state index in [1.807, 2.05) is 32.9 Å². The molecule has 9 nitrogen and oxygen atoms in total. The molecule has 0 spiro atoms. The topological polar surface area (TPSA) is 107 Å². The standard InChI is InChI=1S/C33H32N2O7S/c1-5-13-41-25-12-7-19(16-26(25)40-6-2)29-28(30(36)20-8-11-24-21(15-20)14-18(3)42-24)31(37)32(38)35(29)33-34-23-10-9-22(39-4)17-27(23)43-33/h7-12,15-18,29,36H,5-6,13-14H2,1-4H3/b30-28+/t18-,29-/m0/s1. The molecule has 4 aromatic rings. The third-order valence-electron chi connectivity index (χ3n) is 7.45. The number of aliphatic hydroxyl groups excluding tert-OH is 1. The third-order valence-corrected chi connectivity index (χ3v) is 8.47. The van der Waals surface area contributed by atoms with Crippen LogP contribution >= 0.6 is 11.3 Å². The van der Waals surface area contributed by atoms with Crippen LogP contribution in [0.5, 0.6) is 23.0 Å². The molecule has 0 aliphatic carbocycles. The predicted molar refractivity (Wildman–Crippen MR) is 165 cm³/mol. The van der Waals surface area contributed by atoms with Gasteiger partial charge in [0.25, 0.3) is 5.78 Å². The van der Waals surface area contributed by atoms with Gasteiger partial charge in [-0.25, -0.2) is 4.98 Å². The molecule has 6 rings (SSSR count). The summed E-state index contributed by atoms with van der Waals surface area (Å²) in [6.45, 7) is 6.76. The minimum atomic E-state index is -0.967. The minimum absolute atomic E-state index is 0.0149. The van der Waals surface area contributed by atoms with E-state index in [2.05, 4.69) is 0 Å². The lowest BCUT2D eigenvalue weighted by Crippen LogP contribution is -2.29. The largest absolute Gasteiger partial charge is 0.507 e. The number of Topliss-reactive ketones (excluding diaryl/α,β-unsaturated/α-hetero) is 1. The van der Waals surface area contributed by atoms with Gasteiger partial charge >= 0.3 is 5.91 Å². The fourth-order valence-corrected chi connectivity index (χ4v) is 6.51. The van der Waals surface area contributed by atoms with Crippen molar-refractivity contribution < 1.29 is 33.6 Å². The average Bonchev–Trinajstić information content (AvgIpc) is 3.67. The zero-order valence-corrected chi connectivity index (χ0v) is 25.2. The van der Waals surface area contributed by atoms with Crippen molar-refractivity contribution in [3.05, 3.63) is 76.9 Å². The Morgan fingerprint density at radius 2 is 1.91 bits per heavy atom. The SMILES string of the molecule is CCCOc1ccc([C@H]2/C(=C(\O)c3ccc4c(c3)C[C@H](C)O4)C(=O)C(=O)N2c2nc3ccc(OC)cc3s2)cc1OCC. The van der Waals surface area contributed by atoms with Crippen LogP contribution in [0.4, 0.5) is 5.13 Å². The number of hydrogen-bond acceptors (Lipinski definition) is 9. The Balaban J connectivity index is 1.53. The summed E-state index contributed by atoms with van der Waals surface area (Å²) in [7, 11) is 1.58. The Hall–Kier alpha value is -4.57. The first-order valence-corrected chi connectivity index (χ1v) is 15.1. The van der Waals surface area contributed by atoms with Crippen molar-refractivity contribution in [3.63, 3.8) is 0 Å². The van der Waals surface area contributed by atoms with Crippen LogP contribution < -0.4 is 23.8 Å². The van der Waals surface area contributed by atoms with E-state index in [9.17, 15) is 14.7 Å². The van der Waals surface area contributed by atoms with Gasteiger partial charge in [-0.2, -0.15) is 0 Å². The van der Waals surface area contributed by atoms with Gasteiger partial charge in [0, 0.05) is 12.0 Å². The number of carbonyl (C=O) groups excluding carboxylic acids is 2. The maximum absolute atomic E-state index is 13.8. The van der Waals surface area contributed by atoms with E-state index >= 15 is 0 Å². The van der Waals surface area contributed by atoms with Crippen molar-refractivity contribution in [2.45, 2.75) is 45.8 Å². The number of amides is 1. The van der Waals surface area contributed by atoms with E-state index < -0.39 is 17.7 Å². The zero-order valence-electron chi connectivity index (χ0n) is 24.4. The number of anilines is 1. The van der Waals surface area contributed by atoms with Gasteiger partial charge in [-0.3, -0.25) is 14.5 Å². The number of aromatic nitrogens is 1. The van der Waals surface area contributed by atoms with Gasteiger partial charge in [0.1, 0.15) is 23.4 Å². The zero-order chi connectivity index (χ0) is 30.2. The second-order valence-corrected chi connectivity index (χ2v) is 11.5. The molecule has 3 heterocycles. The average molecular weight is 601 g/mol. The van der Waals surface area contributed by atoms with E-state index in [1.165, 1.54) is 16.2 Å². The number of methoxy groups -OCH3 is 1. The molecule has 1 saturated heterocycles. The molecule has 0 saturated carbocycles. The second-order valence-electron chi connectivity index (χ2n) is 10.4. The van der Waals surface area contributed by atoms with E-state index in [0.29, 0.717) is 58.7 Å². The van der Waals surface area contributed by atoms with Crippen molar-refractivity contribution in [2.24, 2.45) is 0 Å². The molecular weight excluding hydrogens is 568 g/mol. The normalized spacial score (nSPS) is 19.0. The van der Waals surface area contributed by atoms with Gasteiger partial charge in [0.15, 0.2) is 16.6 Å². The van der Waals surface area contributed by atoms with Crippen LogP contribution in [0, 0.1) is 0 Å². The first kappa shape index (κ1) is 28.5. The lowest BCUT2D eigenvalue weighted by Gasteiger charge is -2.24. The maximum atomic E-state index is 13.8. The molecule has 2 aliphatic heterocycles. The lowest BCUT2D eigenvalue weighted by molar-refractivity contribution is -0.132. The number of rotatable bonds is 9. The second kappa shape index (κ2) is 11.6. The van der Waals surface area contributed by atoms with Gasteiger partial charge in [0.2, 0.25) is 0 Å². The van der Waals surface area contributed by atoms with Crippen molar-refractivity contribution in [2.75, 3.05) is 25.2 Å². The summed E-state index contributed by atoms with van der Waals surface area (Å²) in [5.41, 5.74) is 2.56. The molecule has 43 heavy (non-hydrogen) atoms. The summed E-state index contributed by atoms with van der Waals surface area (Å²) in [5.74, 6) is 0.602. The fourth-order valence-electron chi connectivity index (χ4n) is 5.49. The molecule has 0 unspecified atom stereocenters. The van der Waals surface area contributed by atoms with Crippen molar-refractivity contribution in [3.8, 4) is 23.0 Å². The molecule has 1 N–H and O–H groups in total. The van der Waals surface area contributed by atoms with E-state index in [-0.39, 0.29) is 17.4 Å². The molecular formula is C33H32N2O7S. The van der Waals surface area contributed by atoms with Crippen molar-refractivity contribution in [1.29, 1.82) is 0 Å². The first-order chi connectivity index (χ1) is 20.8. The van der Waals surface area contributed by atoms with E-state index in [4.69, 9.17) is 23.9 Å². The summed E-state index contributed by atoms with van der Waals surface area (Å²) in [4.78, 5) is 33.6. The number of carbonyl (C=O) groups is 2. The van der Waals surface area contributed by atoms with Gasteiger partial charge in [0.05, 0.1) is 42.2 Å². The van der Waals surface area contributed by atoms with Crippen LogP contribution in [-0.4, -0.2) is 48.2 Å². The monoisotopic (exact) mass is 600 g/mol. The van der Waals surface area contributed by atoms with Gasteiger partial charge in [-0.15, -0.1) is 0 Å². The molecule has 3 aromatic carbocycles. The van der Waals surface area contributed by atoms with Crippen LogP contribution in [0.3, 0.4) is 0 Å². The number of hydrogen-bond donors (Lipinski definition) is 1. The van der Waals surface area contributed by atoms with Gasteiger partial charge in [-0.05, 0) is 79.9 Å². The number of ether oxygens (including phenoxy) is 4. The van der Waals surface area contributed by atoms with Crippen LogP contribution in [0.2, 0.25) is 0 Å². The Labute approximate surface area is 253 Å². The number of aliphatic hydroxyl groups is 1. The summed E-state index contributed by atoms with van der Waals surface area (Å²) in [5, 5.41) is 12.0. The quantitative estimate of drug-likeness (QED) is 0.133. The van der Waals surface area contributed by atoms with Gasteiger partial charge in [-0.1, -0.05) is 24.3 Å². The molecule has 1 aromatic heterocycles. The summed E-state index contributed by atoms with van der Waals surface area (Å²) < 4.78 is 23.8.